The third kappa shape index (κ3) is 3.09. The molecule has 0 saturated carbocycles. The molecule has 5 nitrogen and oxygen atoms in total. The zero-order valence-corrected chi connectivity index (χ0v) is 14.8. The molecule has 0 atom stereocenters. The number of amides is 1. The lowest BCUT2D eigenvalue weighted by Crippen LogP contribution is -2.58. The minimum Gasteiger partial charge on any atom is -0.320 e. The fraction of sp³-hybridized carbons (Fsp3) is 0.250. The smallest absolute Gasteiger partial charge is 0.264 e. The highest BCUT2D eigenvalue weighted by Crippen LogP contribution is 2.34. The van der Waals surface area contributed by atoms with Crippen molar-refractivity contribution in [3.05, 3.63) is 54.1 Å². The van der Waals surface area contributed by atoms with Gasteiger partial charge in [0.05, 0.1) is 18.9 Å². The van der Waals surface area contributed by atoms with Gasteiger partial charge in [-0.1, -0.05) is 43.3 Å². The monoisotopic (exact) mass is 368 g/mol. The Kier molecular flexibility index (Phi) is 4.43. The lowest BCUT2D eigenvalue weighted by Gasteiger charge is -2.43. The van der Waals surface area contributed by atoms with Gasteiger partial charge in [-0.3, -0.25) is 4.79 Å². The Hall–Kier alpha value is -3.09. The summed E-state index contributed by atoms with van der Waals surface area (Å²) in [6, 6.07) is 13.8. The first kappa shape index (κ1) is 17.3. The normalized spacial score (nSPS) is 13.9. The number of para-hydroxylation sites is 1. The average molecular weight is 368 g/mol. The molecule has 27 heavy (non-hydrogen) atoms. The lowest BCUT2D eigenvalue weighted by molar-refractivity contribution is -0.134. The fourth-order valence-corrected chi connectivity index (χ4v) is 3.20. The number of carbonyl (C=O) groups is 1. The first-order chi connectivity index (χ1) is 13.1. The van der Waals surface area contributed by atoms with Crippen molar-refractivity contribution in [1.82, 2.24) is 14.9 Å². The van der Waals surface area contributed by atoms with E-state index >= 15 is 0 Å². The van der Waals surface area contributed by atoms with Gasteiger partial charge in [-0.15, -0.1) is 0 Å². The molecule has 3 aromatic rings. The number of anilines is 1. The Morgan fingerprint density at radius 1 is 1.07 bits per heavy atom. The van der Waals surface area contributed by atoms with Crippen LogP contribution in [0.4, 0.5) is 14.6 Å². The Balaban J connectivity index is 1.80. The number of aromatic nitrogens is 2. The number of nitrogens with zero attached hydrogens (tertiary/aromatic N) is 4. The summed E-state index contributed by atoms with van der Waals surface area (Å²) in [5.41, 5.74) is 0.911. The molecule has 1 aliphatic heterocycles. The first-order valence-electron chi connectivity index (χ1n) is 8.75. The fourth-order valence-electron chi connectivity index (χ4n) is 3.20. The molecule has 0 spiro atoms. The van der Waals surface area contributed by atoms with E-state index in [2.05, 4.69) is 9.97 Å². The molecule has 4 rings (SSSR count). The maximum absolute atomic E-state index is 13.4. The van der Waals surface area contributed by atoms with E-state index in [0.29, 0.717) is 36.7 Å². The first-order valence-corrected chi connectivity index (χ1v) is 8.75. The second-order valence-corrected chi connectivity index (χ2v) is 6.39. The molecule has 0 unspecified atom stereocenters. The zero-order chi connectivity index (χ0) is 19.0. The van der Waals surface area contributed by atoms with E-state index in [1.165, 1.54) is 6.07 Å². The molecule has 1 fully saturated rings. The van der Waals surface area contributed by atoms with Crippen molar-refractivity contribution in [2.75, 3.05) is 18.2 Å². The molecule has 138 valence electrons. The van der Waals surface area contributed by atoms with Crippen molar-refractivity contribution in [2.24, 2.45) is 0 Å². The number of halogens is 2. The number of rotatable bonds is 4. The van der Waals surface area contributed by atoms with E-state index in [0.717, 1.165) is 5.39 Å². The molecule has 0 aliphatic carbocycles. The number of fused-ring (bicyclic) bond motifs is 1. The summed E-state index contributed by atoms with van der Waals surface area (Å²) < 4.78 is 26.9. The Morgan fingerprint density at radius 3 is 2.52 bits per heavy atom. The SMILES string of the molecule is CCC(=O)N1CN(c2nc(-c3ccccc3C(F)F)nc3ccccc23)C1. The molecular weight excluding hydrogens is 350 g/mol. The maximum atomic E-state index is 13.4. The summed E-state index contributed by atoms with van der Waals surface area (Å²) in [4.78, 5) is 24.6. The zero-order valence-electron chi connectivity index (χ0n) is 14.8. The van der Waals surface area contributed by atoms with Crippen molar-refractivity contribution >= 4 is 22.6 Å². The van der Waals surface area contributed by atoms with E-state index in [1.807, 2.05) is 36.1 Å². The highest BCUT2D eigenvalue weighted by molar-refractivity contribution is 5.92. The minimum atomic E-state index is -2.61. The van der Waals surface area contributed by atoms with Crippen LogP contribution in [-0.2, 0) is 4.79 Å². The van der Waals surface area contributed by atoms with E-state index in [4.69, 9.17) is 0 Å². The summed E-state index contributed by atoms with van der Waals surface area (Å²) in [5, 5.41) is 0.833. The number of carbonyl (C=O) groups excluding carboxylic acids is 1. The van der Waals surface area contributed by atoms with Crippen LogP contribution >= 0.6 is 0 Å². The van der Waals surface area contributed by atoms with Crippen molar-refractivity contribution in [3.63, 3.8) is 0 Å². The maximum Gasteiger partial charge on any atom is 0.264 e. The highest BCUT2D eigenvalue weighted by atomic mass is 19.3. The standard InChI is InChI=1S/C20H18F2N4O/c1-2-17(27)25-11-26(12-25)20-15-9-5-6-10-16(15)23-19(24-20)14-8-4-3-7-13(14)18(21)22/h3-10,18H,2,11-12H2,1H3. The molecule has 1 saturated heterocycles. The van der Waals surface area contributed by atoms with Gasteiger partial charge in [-0.05, 0) is 12.1 Å². The van der Waals surface area contributed by atoms with Crippen molar-refractivity contribution < 1.29 is 13.6 Å². The van der Waals surface area contributed by atoms with Gasteiger partial charge in [0.25, 0.3) is 6.43 Å². The third-order valence-electron chi connectivity index (χ3n) is 4.66. The largest absolute Gasteiger partial charge is 0.320 e. The van der Waals surface area contributed by atoms with Crippen LogP contribution in [0.3, 0.4) is 0 Å². The van der Waals surface area contributed by atoms with E-state index in [9.17, 15) is 13.6 Å². The van der Waals surface area contributed by atoms with Crippen LogP contribution < -0.4 is 4.90 Å². The topological polar surface area (TPSA) is 49.3 Å². The van der Waals surface area contributed by atoms with Crippen LogP contribution in [0.1, 0.15) is 25.3 Å². The van der Waals surface area contributed by atoms with Crippen LogP contribution in [0.15, 0.2) is 48.5 Å². The van der Waals surface area contributed by atoms with Gasteiger partial charge in [-0.25, -0.2) is 18.7 Å². The van der Waals surface area contributed by atoms with Gasteiger partial charge in [-0.2, -0.15) is 0 Å². The van der Waals surface area contributed by atoms with Crippen LogP contribution in [0.25, 0.3) is 22.3 Å². The lowest BCUT2D eigenvalue weighted by atomic mass is 10.1. The molecule has 1 aliphatic rings. The van der Waals surface area contributed by atoms with Crippen molar-refractivity contribution in [1.29, 1.82) is 0 Å². The van der Waals surface area contributed by atoms with Gasteiger partial charge in [0.15, 0.2) is 5.82 Å². The van der Waals surface area contributed by atoms with E-state index in [1.54, 1.807) is 23.1 Å². The second kappa shape index (κ2) is 6.90. The van der Waals surface area contributed by atoms with Crippen LogP contribution in [-0.4, -0.2) is 34.1 Å². The second-order valence-electron chi connectivity index (χ2n) is 6.39. The van der Waals surface area contributed by atoms with Crippen molar-refractivity contribution in [3.8, 4) is 11.4 Å². The predicted molar refractivity (Wildman–Crippen MR) is 99.3 cm³/mol. The molecular formula is C20H18F2N4O. The average Bonchev–Trinajstić information content (AvgIpc) is 2.66. The van der Waals surface area contributed by atoms with Crippen LogP contribution in [0.2, 0.25) is 0 Å². The molecule has 2 heterocycles. The molecule has 7 heteroatoms. The van der Waals surface area contributed by atoms with E-state index < -0.39 is 6.43 Å². The molecule has 0 bridgehead atoms. The van der Waals surface area contributed by atoms with Crippen LogP contribution in [0, 0.1) is 0 Å². The Morgan fingerprint density at radius 2 is 1.78 bits per heavy atom. The van der Waals surface area contributed by atoms with Crippen LogP contribution in [0.5, 0.6) is 0 Å². The number of hydrogen-bond donors (Lipinski definition) is 0. The summed E-state index contributed by atoms with van der Waals surface area (Å²) in [6.45, 7) is 2.69. The highest BCUT2D eigenvalue weighted by Gasteiger charge is 2.30. The number of hydrogen-bond acceptors (Lipinski definition) is 4. The van der Waals surface area contributed by atoms with Gasteiger partial charge < -0.3 is 9.80 Å². The molecule has 0 N–H and O–H groups in total. The van der Waals surface area contributed by atoms with Gasteiger partial charge in [0.1, 0.15) is 5.82 Å². The third-order valence-corrected chi connectivity index (χ3v) is 4.66. The van der Waals surface area contributed by atoms with Gasteiger partial charge >= 0.3 is 0 Å². The quantitative estimate of drug-likeness (QED) is 0.692. The van der Waals surface area contributed by atoms with E-state index in [-0.39, 0.29) is 17.3 Å². The minimum absolute atomic E-state index is 0.0767. The molecule has 1 amide bonds. The van der Waals surface area contributed by atoms with Crippen molar-refractivity contribution in [2.45, 2.75) is 19.8 Å². The molecule has 2 aromatic carbocycles. The summed E-state index contributed by atoms with van der Waals surface area (Å²) in [5.74, 6) is 0.993. The number of benzene rings is 2. The molecule has 1 aromatic heterocycles. The summed E-state index contributed by atoms with van der Waals surface area (Å²) in [7, 11) is 0. The Labute approximate surface area is 155 Å². The summed E-state index contributed by atoms with van der Waals surface area (Å²) >= 11 is 0. The predicted octanol–water partition coefficient (Wildman–Crippen LogP) is 4.21. The van der Waals surface area contributed by atoms with Gasteiger partial charge in [0.2, 0.25) is 5.91 Å². The number of alkyl halides is 2. The summed E-state index contributed by atoms with van der Waals surface area (Å²) in [6.07, 6.45) is -2.16. The Bertz CT molecular complexity index is 1000. The molecule has 0 radical (unpaired) electrons. The van der Waals surface area contributed by atoms with Gasteiger partial charge in [0, 0.05) is 22.9 Å².